The Balaban J connectivity index is 2.09. The zero-order valence-electron chi connectivity index (χ0n) is 11.2. The smallest absolute Gasteiger partial charge is 0.276 e. The molecule has 3 heterocycles. The molecule has 0 aliphatic rings. The van der Waals surface area contributed by atoms with Gasteiger partial charge in [0.25, 0.3) is 5.56 Å². The van der Waals surface area contributed by atoms with Crippen LogP contribution in [0.2, 0.25) is 0 Å². The Labute approximate surface area is 123 Å². The van der Waals surface area contributed by atoms with Crippen LogP contribution in [0.1, 0.15) is 18.3 Å². The van der Waals surface area contributed by atoms with Crippen molar-refractivity contribution in [1.29, 1.82) is 0 Å². The zero-order valence-corrected chi connectivity index (χ0v) is 12.8. The molecule has 104 valence electrons. The molecule has 3 aromatic heterocycles. The molecule has 0 unspecified atom stereocenters. The molecule has 20 heavy (non-hydrogen) atoms. The molecule has 0 fully saturated rings. The van der Waals surface area contributed by atoms with Gasteiger partial charge < -0.3 is 4.57 Å². The van der Waals surface area contributed by atoms with Gasteiger partial charge in [-0.15, -0.1) is 0 Å². The van der Waals surface area contributed by atoms with Crippen molar-refractivity contribution >= 4 is 21.4 Å². The molecule has 0 N–H and O–H groups in total. The number of halogens is 1. The third-order valence-electron chi connectivity index (χ3n) is 3.31. The van der Waals surface area contributed by atoms with E-state index in [-0.39, 0.29) is 5.56 Å². The maximum atomic E-state index is 12.4. The summed E-state index contributed by atoms with van der Waals surface area (Å²) in [4.78, 5) is 12.4. The Morgan fingerprint density at radius 2 is 2.15 bits per heavy atom. The molecule has 0 aliphatic heterocycles. The molecule has 0 radical (unpaired) electrons. The van der Waals surface area contributed by atoms with Crippen molar-refractivity contribution in [1.82, 2.24) is 24.0 Å². The maximum absolute atomic E-state index is 12.4. The maximum Gasteiger partial charge on any atom is 0.276 e. The number of nitrogens with zero attached hydrogens (tertiary/aromatic N) is 5. The fourth-order valence-corrected chi connectivity index (χ4v) is 2.68. The van der Waals surface area contributed by atoms with Crippen molar-refractivity contribution < 1.29 is 0 Å². The summed E-state index contributed by atoms with van der Waals surface area (Å²) < 4.78 is 6.12. The molecule has 0 saturated carbocycles. The number of hydrogen-bond donors (Lipinski definition) is 0. The fourth-order valence-electron chi connectivity index (χ4n) is 2.27. The van der Waals surface area contributed by atoms with Crippen LogP contribution in [0.25, 0.3) is 5.52 Å². The summed E-state index contributed by atoms with van der Waals surface area (Å²) in [5.41, 5.74) is 2.44. The minimum absolute atomic E-state index is 0.0570. The van der Waals surface area contributed by atoms with E-state index >= 15 is 0 Å². The van der Waals surface area contributed by atoms with Crippen LogP contribution in [-0.2, 0) is 13.1 Å². The van der Waals surface area contributed by atoms with Crippen LogP contribution in [0.5, 0.6) is 0 Å². The molecule has 0 saturated heterocycles. The number of fused-ring (bicyclic) bond motifs is 1. The first-order chi connectivity index (χ1) is 9.61. The van der Waals surface area contributed by atoms with E-state index in [9.17, 15) is 4.79 Å². The Kier molecular flexibility index (Phi) is 3.21. The van der Waals surface area contributed by atoms with E-state index in [2.05, 4.69) is 26.1 Å². The summed E-state index contributed by atoms with van der Waals surface area (Å²) in [5, 5.41) is 8.50. The first kappa shape index (κ1) is 13.1. The summed E-state index contributed by atoms with van der Waals surface area (Å²) in [6.07, 6.45) is 5.15. The Morgan fingerprint density at radius 1 is 1.35 bits per heavy atom. The minimum atomic E-state index is -0.0570. The van der Waals surface area contributed by atoms with E-state index in [1.807, 2.05) is 18.5 Å². The van der Waals surface area contributed by atoms with Gasteiger partial charge in [0.05, 0.1) is 28.6 Å². The third-order valence-corrected chi connectivity index (χ3v) is 4.34. The zero-order chi connectivity index (χ0) is 14.3. The normalized spacial score (nSPS) is 11.3. The monoisotopic (exact) mass is 335 g/mol. The summed E-state index contributed by atoms with van der Waals surface area (Å²) in [6, 6.07) is 1.72. The lowest BCUT2D eigenvalue weighted by Crippen LogP contribution is -2.23. The highest BCUT2D eigenvalue weighted by Gasteiger charge is 2.13. The van der Waals surface area contributed by atoms with Gasteiger partial charge in [-0.3, -0.25) is 9.48 Å². The number of aromatic nitrogens is 5. The second-order valence-corrected chi connectivity index (χ2v) is 5.35. The highest BCUT2D eigenvalue weighted by Crippen LogP contribution is 2.21. The average molecular weight is 336 g/mol. The molecule has 0 aromatic carbocycles. The molecule has 3 rings (SSSR count). The van der Waals surface area contributed by atoms with Crippen molar-refractivity contribution in [3.63, 3.8) is 0 Å². The number of aryl methyl sites for hydroxylation is 2. The van der Waals surface area contributed by atoms with E-state index in [1.54, 1.807) is 33.7 Å². The SMILES string of the molecule is CCn1nc(C)c(Br)c1Cn1ccn2nccc2c1=O. The van der Waals surface area contributed by atoms with Crippen molar-refractivity contribution in [2.45, 2.75) is 26.9 Å². The van der Waals surface area contributed by atoms with Gasteiger partial charge in [0.2, 0.25) is 0 Å². The quantitative estimate of drug-likeness (QED) is 0.733. The number of hydrogen-bond acceptors (Lipinski definition) is 3. The van der Waals surface area contributed by atoms with Gasteiger partial charge in [0.15, 0.2) is 0 Å². The second kappa shape index (κ2) is 4.90. The van der Waals surface area contributed by atoms with Gasteiger partial charge in [0, 0.05) is 18.9 Å². The summed E-state index contributed by atoms with van der Waals surface area (Å²) in [7, 11) is 0. The molecular weight excluding hydrogens is 322 g/mol. The molecule has 0 atom stereocenters. The molecule has 0 spiro atoms. The first-order valence-corrected chi connectivity index (χ1v) is 7.15. The van der Waals surface area contributed by atoms with Crippen LogP contribution in [-0.4, -0.2) is 24.0 Å². The third kappa shape index (κ3) is 1.98. The van der Waals surface area contributed by atoms with Crippen LogP contribution in [0.3, 0.4) is 0 Å². The lowest BCUT2D eigenvalue weighted by atomic mass is 10.3. The van der Waals surface area contributed by atoms with E-state index in [0.29, 0.717) is 12.1 Å². The predicted octanol–water partition coefficient (Wildman–Crippen LogP) is 1.83. The van der Waals surface area contributed by atoms with Gasteiger partial charge in [-0.1, -0.05) is 0 Å². The second-order valence-electron chi connectivity index (χ2n) is 4.55. The number of rotatable bonds is 3. The first-order valence-electron chi connectivity index (χ1n) is 6.36. The molecule has 0 amide bonds. The van der Waals surface area contributed by atoms with Crippen molar-refractivity contribution in [2.75, 3.05) is 0 Å². The summed E-state index contributed by atoms with van der Waals surface area (Å²) in [6.45, 7) is 5.23. The van der Waals surface area contributed by atoms with E-state index in [0.717, 1.165) is 22.4 Å². The van der Waals surface area contributed by atoms with Gasteiger partial charge in [0.1, 0.15) is 5.52 Å². The Morgan fingerprint density at radius 3 is 2.90 bits per heavy atom. The van der Waals surface area contributed by atoms with Gasteiger partial charge in [-0.25, -0.2) is 4.52 Å². The van der Waals surface area contributed by atoms with Crippen molar-refractivity contribution in [3.8, 4) is 0 Å². The van der Waals surface area contributed by atoms with Crippen LogP contribution >= 0.6 is 15.9 Å². The van der Waals surface area contributed by atoms with E-state index < -0.39 is 0 Å². The van der Waals surface area contributed by atoms with Crippen LogP contribution < -0.4 is 5.56 Å². The lowest BCUT2D eigenvalue weighted by molar-refractivity contribution is 0.589. The molecule has 7 heteroatoms. The molecule has 3 aromatic rings. The standard InChI is InChI=1S/C13H14BrN5O/c1-3-18-11(12(14)9(2)16-18)8-17-6-7-19-10(13(17)20)4-5-15-19/h4-7H,3,8H2,1-2H3. The highest BCUT2D eigenvalue weighted by atomic mass is 79.9. The molecule has 6 nitrogen and oxygen atoms in total. The van der Waals surface area contributed by atoms with Gasteiger partial charge in [-0.05, 0) is 35.8 Å². The van der Waals surface area contributed by atoms with Gasteiger partial charge in [-0.2, -0.15) is 10.2 Å². The van der Waals surface area contributed by atoms with Crippen LogP contribution in [0.4, 0.5) is 0 Å². The topological polar surface area (TPSA) is 57.1 Å². The largest absolute Gasteiger partial charge is 0.306 e. The van der Waals surface area contributed by atoms with Crippen LogP contribution in [0, 0.1) is 6.92 Å². The fraction of sp³-hybridized carbons (Fsp3) is 0.308. The van der Waals surface area contributed by atoms with Crippen molar-refractivity contribution in [3.05, 3.63) is 50.9 Å². The lowest BCUT2D eigenvalue weighted by Gasteiger charge is -2.08. The van der Waals surface area contributed by atoms with Gasteiger partial charge >= 0.3 is 0 Å². The average Bonchev–Trinajstić information content (AvgIpc) is 3.01. The highest BCUT2D eigenvalue weighted by molar-refractivity contribution is 9.10. The van der Waals surface area contributed by atoms with E-state index in [4.69, 9.17) is 0 Å². The predicted molar refractivity (Wildman–Crippen MR) is 78.9 cm³/mol. The van der Waals surface area contributed by atoms with E-state index in [1.165, 1.54) is 0 Å². The van der Waals surface area contributed by atoms with Crippen LogP contribution in [0.15, 0.2) is 33.9 Å². The Bertz CT molecular complexity index is 829. The minimum Gasteiger partial charge on any atom is -0.306 e. The molecule has 0 bridgehead atoms. The Hall–Kier alpha value is -1.89. The molecule has 0 aliphatic carbocycles. The summed E-state index contributed by atoms with van der Waals surface area (Å²) >= 11 is 3.55. The van der Waals surface area contributed by atoms with Crippen molar-refractivity contribution in [2.24, 2.45) is 0 Å². The molecular formula is C13H14BrN5O. The summed E-state index contributed by atoms with van der Waals surface area (Å²) in [5.74, 6) is 0.